The summed E-state index contributed by atoms with van der Waals surface area (Å²) in [6, 6.07) is 1.71. The minimum atomic E-state index is -3.64. The summed E-state index contributed by atoms with van der Waals surface area (Å²) in [6.07, 6.45) is 2.28. The molecule has 2 atom stereocenters. The molecule has 2 N–H and O–H groups in total. The van der Waals surface area contributed by atoms with E-state index < -0.39 is 28.0 Å². The SMILES string of the molecule is CS(=O)(=O)N1CCN(C(=O)c2cccs2)C[C@H]1C(=O)N[C@H]1CCCNC1=O. The lowest BCUT2D eigenvalue weighted by atomic mass is 10.1. The molecule has 0 unspecified atom stereocenters. The van der Waals surface area contributed by atoms with Gasteiger partial charge in [-0.3, -0.25) is 14.4 Å². The fourth-order valence-electron chi connectivity index (χ4n) is 3.30. The van der Waals surface area contributed by atoms with Crippen molar-refractivity contribution in [1.82, 2.24) is 19.8 Å². The van der Waals surface area contributed by atoms with Gasteiger partial charge in [-0.25, -0.2) is 8.42 Å². The van der Waals surface area contributed by atoms with Gasteiger partial charge in [-0.05, 0) is 24.3 Å². The van der Waals surface area contributed by atoms with E-state index in [0.717, 1.165) is 17.0 Å². The lowest BCUT2D eigenvalue weighted by Gasteiger charge is -2.39. The number of carbonyl (C=O) groups is 3. The first-order valence-electron chi connectivity index (χ1n) is 8.65. The molecule has 0 bridgehead atoms. The lowest BCUT2D eigenvalue weighted by molar-refractivity contribution is -0.132. The fourth-order valence-corrected chi connectivity index (χ4v) is 5.02. The van der Waals surface area contributed by atoms with Gasteiger partial charge in [-0.2, -0.15) is 4.31 Å². The number of hydrogen-bond donors (Lipinski definition) is 2. The summed E-state index contributed by atoms with van der Waals surface area (Å²) in [6.45, 7) is 0.750. The summed E-state index contributed by atoms with van der Waals surface area (Å²) < 4.78 is 25.4. The molecule has 2 aliphatic heterocycles. The lowest BCUT2D eigenvalue weighted by Crippen LogP contribution is -2.63. The first-order chi connectivity index (χ1) is 12.8. The molecule has 0 aliphatic carbocycles. The molecule has 2 saturated heterocycles. The second-order valence-electron chi connectivity index (χ2n) is 6.61. The van der Waals surface area contributed by atoms with Crippen molar-refractivity contribution in [2.45, 2.75) is 24.9 Å². The van der Waals surface area contributed by atoms with E-state index >= 15 is 0 Å². The molecule has 2 aliphatic rings. The summed E-state index contributed by atoms with van der Waals surface area (Å²) in [5.74, 6) is -1.07. The first kappa shape index (κ1) is 19.8. The van der Waals surface area contributed by atoms with Crippen LogP contribution >= 0.6 is 11.3 Å². The van der Waals surface area contributed by atoms with E-state index in [-0.39, 0.29) is 31.4 Å². The predicted molar refractivity (Wildman–Crippen MR) is 99.7 cm³/mol. The number of thiophene rings is 1. The fraction of sp³-hybridized carbons (Fsp3) is 0.562. The minimum Gasteiger partial charge on any atom is -0.354 e. The summed E-state index contributed by atoms with van der Waals surface area (Å²) >= 11 is 1.29. The third kappa shape index (κ3) is 4.47. The van der Waals surface area contributed by atoms with E-state index in [4.69, 9.17) is 0 Å². The molecule has 27 heavy (non-hydrogen) atoms. The van der Waals surface area contributed by atoms with Crippen LogP contribution in [0.4, 0.5) is 0 Å². The molecule has 0 saturated carbocycles. The van der Waals surface area contributed by atoms with Crippen molar-refractivity contribution < 1.29 is 22.8 Å². The van der Waals surface area contributed by atoms with Crippen molar-refractivity contribution >= 4 is 39.1 Å². The van der Waals surface area contributed by atoms with Crippen molar-refractivity contribution in [3.05, 3.63) is 22.4 Å². The standard InChI is InChI=1S/C16H22N4O5S2/c1-27(24,25)20-8-7-19(16(23)13-5-3-9-26-13)10-12(20)15(22)18-11-4-2-6-17-14(11)21/h3,5,9,11-12H,2,4,6-8,10H2,1H3,(H,17,21)(H,18,22)/t11-,12-/m0/s1. The molecule has 9 nitrogen and oxygen atoms in total. The van der Waals surface area contributed by atoms with Gasteiger partial charge in [0.25, 0.3) is 5.91 Å². The predicted octanol–water partition coefficient (Wildman–Crippen LogP) is -0.771. The molecule has 1 aromatic rings. The largest absolute Gasteiger partial charge is 0.354 e. The zero-order valence-electron chi connectivity index (χ0n) is 14.9. The molecule has 0 radical (unpaired) electrons. The Morgan fingerprint density at radius 2 is 2.11 bits per heavy atom. The third-order valence-corrected chi connectivity index (χ3v) is 6.83. The van der Waals surface area contributed by atoms with Crippen LogP contribution in [0.1, 0.15) is 22.5 Å². The van der Waals surface area contributed by atoms with Crippen LogP contribution in [0.5, 0.6) is 0 Å². The van der Waals surface area contributed by atoms with Crippen LogP contribution < -0.4 is 10.6 Å². The average molecular weight is 415 g/mol. The van der Waals surface area contributed by atoms with Crippen molar-refractivity contribution in [3.8, 4) is 0 Å². The maximum atomic E-state index is 12.8. The van der Waals surface area contributed by atoms with Gasteiger partial charge in [0.15, 0.2) is 0 Å². The maximum absolute atomic E-state index is 12.8. The number of amides is 3. The van der Waals surface area contributed by atoms with Gasteiger partial charge in [0, 0.05) is 26.2 Å². The molecule has 3 amide bonds. The summed E-state index contributed by atoms with van der Waals surface area (Å²) in [5, 5.41) is 7.10. The average Bonchev–Trinajstić information content (AvgIpc) is 3.16. The number of hydrogen-bond acceptors (Lipinski definition) is 6. The van der Waals surface area contributed by atoms with Crippen molar-refractivity contribution in [2.75, 3.05) is 32.4 Å². The maximum Gasteiger partial charge on any atom is 0.264 e. The minimum absolute atomic E-state index is 0.0326. The normalized spacial score (nSPS) is 24.3. The number of piperazine rings is 1. The highest BCUT2D eigenvalue weighted by Crippen LogP contribution is 2.19. The monoisotopic (exact) mass is 414 g/mol. The van der Waals surface area contributed by atoms with Crippen LogP contribution in [-0.2, 0) is 19.6 Å². The molecule has 0 aromatic carbocycles. The van der Waals surface area contributed by atoms with Crippen LogP contribution in [0.2, 0.25) is 0 Å². The second kappa shape index (κ2) is 7.95. The Labute approximate surface area is 161 Å². The Balaban J connectivity index is 1.77. The van der Waals surface area contributed by atoms with E-state index in [1.165, 1.54) is 16.2 Å². The molecule has 148 valence electrons. The first-order valence-corrected chi connectivity index (χ1v) is 11.4. The Hall–Kier alpha value is -1.98. The molecular formula is C16H22N4O5S2. The zero-order valence-corrected chi connectivity index (χ0v) is 16.5. The van der Waals surface area contributed by atoms with Crippen LogP contribution in [0.15, 0.2) is 17.5 Å². The Morgan fingerprint density at radius 3 is 2.74 bits per heavy atom. The molecule has 1 aromatic heterocycles. The van der Waals surface area contributed by atoms with Crippen LogP contribution in [0, 0.1) is 0 Å². The highest BCUT2D eigenvalue weighted by atomic mass is 32.2. The topological polar surface area (TPSA) is 116 Å². The highest BCUT2D eigenvalue weighted by molar-refractivity contribution is 7.88. The number of nitrogens with zero attached hydrogens (tertiary/aromatic N) is 2. The molecule has 3 heterocycles. The third-order valence-electron chi connectivity index (χ3n) is 4.68. The van der Waals surface area contributed by atoms with Crippen molar-refractivity contribution in [1.29, 1.82) is 0 Å². The molecule has 2 fully saturated rings. The van der Waals surface area contributed by atoms with Crippen LogP contribution in [0.3, 0.4) is 0 Å². The number of nitrogens with one attached hydrogen (secondary N) is 2. The van der Waals surface area contributed by atoms with Crippen molar-refractivity contribution in [2.24, 2.45) is 0 Å². The van der Waals surface area contributed by atoms with Gasteiger partial charge in [0.2, 0.25) is 21.8 Å². The zero-order chi connectivity index (χ0) is 19.6. The van der Waals surface area contributed by atoms with E-state index in [0.29, 0.717) is 17.8 Å². The number of carbonyl (C=O) groups excluding carboxylic acids is 3. The van der Waals surface area contributed by atoms with Crippen molar-refractivity contribution in [3.63, 3.8) is 0 Å². The smallest absolute Gasteiger partial charge is 0.264 e. The Bertz CT molecular complexity index is 824. The number of rotatable bonds is 4. The van der Waals surface area contributed by atoms with Crippen LogP contribution in [-0.4, -0.2) is 79.9 Å². The summed E-state index contributed by atoms with van der Waals surface area (Å²) in [7, 11) is -3.64. The van der Waals surface area contributed by atoms with Gasteiger partial charge in [0.1, 0.15) is 12.1 Å². The van der Waals surface area contributed by atoms with Gasteiger partial charge in [-0.1, -0.05) is 6.07 Å². The molecule has 11 heteroatoms. The summed E-state index contributed by atoms with van der Waals surface area (Å²) in [5.41, 5.74) is 0. The highest BCUT2D eigenvalue weighted by Gasteiger charge is 2.40. The molecular weight excluding hydrogens is 392 g/mol. The molecule has 3 rings (SSSR count). The Morgan fingerprint density at radius 1 is 1.33 bits per heavy atom. The van der Waals surface area contributed by atoms with E-state index in [1.54, 1.807) is 17.5 Å². The number of sulfonamides is 1. The van der Waals surface area contributed by atoms with E-state index in [1.807, 2.05) is 0 Å². The van der Waals surface area contributed by atoms with Gasteiger partial charge in [0.05, 0.1) is 11.1 Å². The van der Waals surface area contributed by atoms with Crippen LogP contribution in [0.25, 0.3) is 0 Å². The van der Waals surface area contributed by atoms with E-state index in [9.17, 15) is 22.8 Å². The van der Waals surface area contributed by atoms with Gasteiger partial charge < -0.3 is 15.5 Å². The Kier molecular flexibility index (Phi) is 5.82. The quantitative estimate of drug-likeness (QED) is 0.671. The second-order valence-corrected chi connectivity index (χ2v) is 9.50. The van der Waals surface area contributed by atoms with Gasteiger partial charge in [-0.15, -0.1) is 11.3 Å². The summed E-state index contributed by atoms with van der Waals surface area (Å²) in [4.78, 5) is 39.3. The molecule has 0 spiro atoms. The number of piperidine rings is 1. The van der Waals surface area contributed by atoms with Gasteiger partial charge >= 0.3 is 0 Å². The van der Waals surface area contributed by atoms with E-state index in [2.05, 4.69) is 10.6 Å².